The van der Waals surface area contributed by atoms with Crippen molar-refractivity contribution in [2.24, 2.45) is 4.99 Å². The van der Waals surface area contributed by atoms with Gasteiger partial charge in [-0.15, -0.1) is 5.10 Å². The molecule has 3 aliphatic heterocycles. The van der Waals surface area contributed by atoms with Crippen molar-refractivity contribution >= 4 is 33.8 Å². The number of anilines is 2. The third-order valence-electron chi connectivity index (χ3n) is 8.37. The molecule has 0 unspecified atom stereocenters. The number of morpholine rings is 2. The zero-order valence-corrected chi connectivity index (χ0v) is 25.7. The molecule has 4 aromatic rings. The van der Waals surface area contributed by atoms with E-state index in [9.17, 15) is 4.79 Å². The van der Waals surface area contributed by atoms with Gasteiger partial charge in [0.2, 0.25) is 0 Å². The number of nitrogens with zero attached hydrogens (tertiary/aromatic N) is 6. The summed E-state index contributed by atoms with van der Waals surface area (Å²) < 4.78 is 17.4. The molecule has 11 nitrogen and oxygen atoms in total. The number of hydrogen-bond donors (Lipinski definition) is 1. The number of aliphatic imine (C=N–C) groups is 1. The highest BCUT2D eigenvalue weighted by Crippen LogP contribution is 2.42. The monoisotopic (exact) mass is 613 g/mol. The van der Waals surface area contributed by atoms with Crippen molar-refractivity contribution in [3.05, 3.63) is 76.3 Å². The number of ketones is 1. The zero-order valence-electron chi connectivity index (χ0n) is 24.9. The quantitative estimate of drug-likeness (QED) is 0.328. The Morgan fingerprint density at radius 3 is 2.39 bits per heavy atom. The molecule has 7 rings (SSSR count). The number of benzene rings is 2. The van der Waals surface area contributed by atoms with Crippen LogP contribution in [-0.2, 0) is 26.2 Å². The fourth-order valence-corrected chi connectivity index (χ4v) is 7.09. The maximum absolute atomic E-state index is 13.5. The molecule has 0 spiro atoms. The summed E-state index contributed by atoms with van der Waals surface area (Å²) in [6.45, 7) is 10.3. The Bertz CT molecular complexity index is 1660. The van der Waals surface area contributed by atoms with E-state index in [4.69, 9.17) is 23.9 Å². The first-order chi connectivity index (χ1) is 21.5. The Morgan fingerprint density at radius 1 is 0.909 bits per heavy atom. The number of aromatic nitrogens is 3. The van der Waals surface area contributed by atoms with Crippen LogP contribution in [0.15, 0.2) is 64.0 Å². The van der Waals surface area contributed by atoms with Gasteiger partial charge in [0.05, 0.1) is 37.7 Å². The van der Waals surface area contributed by atoms with E-state index < -0.39 is 6.17 Å². The molecule has 12 heteroatoms. The summed E-state index contributed by atoms with van der Waals surface area (Å²) >= 11 is 1.65. The van der Waals surface area contributed by atoms with Crippen LogP contribution in [0.4, 0.5) is 11.0 Å². The van der Waals surface area contributed by atoms with E-state index >= 15 is 0 Å². The molecule has 5 heterocycles. The third-order valence-corrected chi connectivity index (χ3v) is 9.80. The normalized spacial score (nSPS) is 19.8. The van der Waals surface area contributed by atoms with Crippen LogP contribution in [0, 0.1) is 0 Å². The van der Waals surface area contributed by atoms with Crippen molar-refractivity contribution in [3.63, 3.8) is 0 Å². The Kier molecular flexibility index (Phi) is 7.98. The van der Waals surface area contributed by atoms with E-state index in [-0.39, 0.29) is 23.8 Å². The second-order valence-electron chi connectivity index (χ2n) is 11.5. The lowest BCUT2D eigenvalue weighted by Gasteiger charge is -2.39. The highest BCUT2D eigenvalue weighted by atomic mass is 32.1. The van der Waals surface area contributed by atoms with Crippen molar-refractivity contribution in [2.45, 2.75) is 32.0 Å². The fourth-order valence-electron chi connectivity index (χ4n) is 5.85. The molecular weight excluding hydrogens is 578 g/mol. The van der Waals surface area contributed by atoms with E-state index in [1.165, 1.54) is 0 Å². The standard InChI is InChI=1S/C32H35N7O4S/c1-32(2,39-14-18-42-19-15-39)30-34-26(29(44-30)38-12-16-41-17-13-38)28-36-37-31(43-28)35-27-24(40)20-22-10-6-7-11-23(22)25(33-27)21-8-4-3-5-9-21/h3-11,27H,12-20H2,1-2H3,(H,35,37)/t27-/m1/s1. The molecule has 0 aliphatic carbocycles. The molecule has 2 aromatic carbocycles. The first-order valence-corrected chi connectivity index (χ1v) is 15.8. The van der Waals surface area contributed by atoms with Crippen LogP contribution < -0.4 is 10.2 Å². The minimum absolute atomic E-state index is 0.0830. The maximum Gasteiger partial charge on any atom is 0.317 e. The topological polar surface area (TPSA) is 118 Å². The number of hydrogen-bond acceptors (Lipinski definition) is 12. The smallest absolute Gasteiger partial charge is 0.317 e. The predicted octanol–water partition coefficient (Wildman–Crippen LogP) is 4.00. The lowest BCUT2D eigenvalue weighted by Crippen LogP contribution is -2.47. The number of thiazole rings is 1. The van der Waals surface area contributed by atoms with Crippen LogP contribution >= 0.6 is 11.3 Å². The number of Topliss-reactive ketones (excluding diaryl/α,β-unsaturated/α-hetero) is 1. The lowest BCUT2D eigenvalue weighted by molar-refractivity contribution is -0.119. The largest absolute Gasteiger partial charge is 0.402 e. The molecule has 2 aromatic heterocycles. The fraction of sp³-hybridized carbons (Fsp3) is 0.406. The molecule has 0 amide bonds. The SMILES string of the molecule is CC(C)(c1nc(-c2nnc(N[C@H]3N=C(c4ccccc4)c4ccccc4CC3=O)o2)c(N2CCOCC2)s1)N1CCOCC1. The summed E-state index contributed by atoms with van der Waals surface area (Å²) in [7, 11) is 0. The van der Waals surface area contributed by atoms with Gasteiger partial charge in [0, 0.05) is 43.7 Å². The third kappa shape index (κ3) is 5.65. The van der Waals surface area contributed by atoms with Crippen molar-refractivity contribution in [1.82, 2.24) is 20.1 Å². The molecule has 2 fully saturated rings. The first-order valence-electron chi connectivity index (χ1n) is 15.0. The molecule has 1 N–H and O–H groups in total. The van der Waals surface area contributed by atoms with Crippen molar-refractivity contribution in [3.8, 4) is 11.6 Å². The summed E-state index contributed by atoms with van der Waals surface area (Å²) in [4.78, 5) is 28.1. The first kappa shape index (κ1) is 28.8. The van der Waals surface area contributed by atoms with Crippen molar-refractivity contribution < 1.29 is 18.7 Å². The summed E-state index contributed by atoms with van der Waals surface area (Å²) in [5, 5.41) is 13.8. The highest BCUT2D eigenvalue weighted by molar-refractivity contribution is 7.16. The highest BCUT2D eigenvalue weighted by Gasteiger charge is 2.36. The number of nitrogens with one attached hydrogen (secondary N) is 1. The van der Waals surface area contributed by atoms with E-state index in [2.05, 4.69) is 39.2 Å². The van der Waals surface area contributed by atoms with Gasteiger partial charge >= 0.3 is 6.01 Å². The summed E-state index contributed by atoms with van der Waals surface area (Å²) in [5.41, 5.74) is 3.88. The van der Waals surface area contributed by atoms with Gasteiger partial charge in [-0.3, -0.25) is 14.7 Å². The minimum Gasteiger partial charge on any atom is -0.402 e. The second-order valence-corrected chi connectivity index (χ2v) is 12.5. The van der Waals surface area contributed by atoms with Crippen LogP contribution in [0.25, 0.3) is 11.6 Å². The number of fused-ring (bicyclic) bond motifs is 1. The molecule has 1 atom stereocenters. The number of carbonyl (C=O) groups excluding carboxylic acids is 1. The van der Waals surface area contributed by atoms with Crippen molar-refractivity contribution in [2.75, 3.05) is 62.8 Å². The Morgan fingerprint density at radius 2 is 1.61 bits per heavy atom. The summed E-state index contributed by atoms with van der Waals surface area (Å²) in [6.07, 6.45) is -0.655. The molecule has 3 aliphatic rings. The number of carbonyl (C=O) groups is 1. The van der Waals surface area contributed by atoms with E-state index in [1.54, 1.807) is 11.3 Å². The molecule has 2 saturated heterocycles. The zero-order chi connectivity index (χ0) is 30.1. The second kappa shape index (κ2) is 12.2. The molecule has 44 heavy (non-hydrogen) atoms. The van der Waals surface area contributed by atoms with Gasteiger partial charge in [-0.05, 0) is 19.4 Å². The van der Waals surface area contributed by atoms with Gasteiger partial charge < -0.3 is 24.1 Å². The average molecular weight is 614 g/mol. The van der Waals surface area contributed by atoms with E-state index in [0.717, 1.165) is 58.6 Å². The number of rotatable bonds is 7. The summed E-state index contributed by atoms with van der Waals surface area (Å²) in [6, 6.07) is 17.9. The van der Waals surface area contributed by atoms with Crippen LogP contribution in [0.2, 0.25) is 0 Å². The van der Waals surface area contributed by atoms with Crippen LogP contribution in [0.5, 0.6) is 0 Å². The van der Waals surface area contributed by atoms with Gasteiger partial charge in [0.25, 0.3) is 5.89 Å². The average Bonchev–Trinajstić information content (AvgIpc) is 3.70. The van der Waals surface area contributed by atoms with Gasteiger partial charge in [-0.25, -0.2) is 4.98 Å². The molecular formula is C32H35N7O4S. The minimum atomic E-state index is -0.893. The van der Waals surface area contributed by atoms with Gasteiger partial charge in [0.15, 0.2) is 17.6 Å². The van der Waals surface area contributed by atoms with Crippen LogP contribution in [0.3, 0.4) is 0 Å². The van der Waals surface area contributed by atoms with Gasteiger partial charge in [0.1, 0.15) is 10.0 Å². The predicted molar refractivity (Wildman–Crippen MR) is 169 cm³/mol. The van der Waals surface area contributed by atoms with Gasteiger partial charge in [-0.1, -0.05) is 71.0 Å². The summed E-state index contributed by atoms with van der Waals surface area (Å²) in [5.74, 6) is 0.214. The molecule has 228 valence electrons. The van der Waals surface area contributed by atoms with Gasteiger partial charge in [-0.2, -0.15) is 0 Å². The van der Waals surface area contributed by atoms with Crippen LogP contribution in [-0.4, -0.2) is 90.3 Å². The van der Waals surface area contributed by atoms with Crippen LogP contribution in [0.1, 0.15) is 35.5 Å². The van der Waals surface area contributed by atoms with Crippen molar-refractivity contribution in [1.29, 1.82) is 0 Å². The Hall–Kier alpha value is -3.97. The maximum atomic E-state index is 13.5. The molecule has 0 bridgehead atoms. The Labute approximate surface area is 259 Å². The van der Waals surface area contributed by atoms with E-state index in [1.807, 2.05) is 54.6 Å². The molecule has 0 radical (unpaired) electrons. The Balaban J connectivity index is 1.21. The number of ether oxygens (including phenoxy) is 2. The lowest BCUT2D eigenvalue weighted by atomic mass is 9.96. The van der Waals surface area contributed by atoms with E-state index in [0.29, 0.717) is 38.0 Å². The molecule has 0 saturated carbocycles.